The molecule has 0 aliphatic carbocycles. The van der Waals surface area contributed by atoms with Gasteiger partial charge in [0.2, 0.25) is 0 Å². The highest BCUT2D eigenvalue weighted by molar-refractivity contribution is 6.34. The number of nitrogens with one attached hydrogen (secondary N) is 2. The second-order valence-electron chi connectivity index (χ2n) is 8.06. The monoisotopic (exact) mass is 431 g/mol. The minimum Gasteiger partial charge on any atom is -0.362 e. The first-order valence-corrected chi connectivity index (χ1v) is 10.8. The highest BCUT2D eigenvalue weighted by Crippen LogP contribution is 2.34. The number of carbonyl (C=O) groups excluding carboxylic acids is 2. The van der Waals surface area contributed by atoms with Gasteiger partial charge in [0.1, 0.15) is 5.66 Å². The summed E-state index contributed by atoms with van der Waals surface area (Å²) in [6, 6.07) is 23.2. The highest BCUT2D eigenvalue weighted by Gasteiger charge is 2.41. The molecule has 0 unspecified atom stereocenters. The molecule has 6 heteroatoms. The Hall–Kier alpha value is -3.31. The van der Waals surface area contributed by atoms with Crippen molar-refractivity contribution in [2.75, 3.05) is 18.4 Å². The van der Waals surface area contributed by atoms with Gasteiger partial charge in [0.05, 0.1) is 16.3 Å². The molecule has 0 aromatic heterocycles. The van der Waals surface area contributed by atoms with Crippen molar-refractivity contribution in [2.45, 2.75) is 18.5 Å². The van der Waals surface area contributed by atoms with E-state index < -0.39 is 5.66 Å². The zero-order valence-electron chi connectivity index (χ0n) is 16.9. The van der Waals surface area contributed by atoms with Gasteiger partial charge in [0, 0.05) is 31.5 Å². The lowest BCUT2D eigenvalue weighted by atomic mass is 9.92. The van der Waals surface area contributed by atoms with Gasteiger partial charge in [-0.05, 0) is 35.4 Å². The fourth-order valence-electron chi connectivity index (χ4n) is 4.39. The van der Waals surface area contributed by atoms with E-state index >= 15 is 0 Å². The number of anilines is 1. The summed E-state index contributed by atoms with van der Waals surface area (Å²) in [5.41, 5.74) is 3.55. The van der Waals surface area contributed by atoms with E-state index in [-0.39, 0.29) is 11.8 Å². The van der Waals surface area contributed by atoms with Gasteiger partial charge < -0.3 is 15.5 Å². The van der Waals surface area contributed by atoms with Crippen molar-refractivity contribution in [3.05, 3.63) is 88.9 Å². The van der Waals surface area contributed by atoms with Gasteiger partial charge in [0.15, 0.2) is 0 Å². The first-order chi connectivity index (χ1) is 15.0. The van der Waals surface area contributed by atoms with Crippen molar-refractivity contribution in [1.29, 1.82) is 0 Å². The van der Waals surface area contributed by atoms with Crippen LogP contribution in [0.3, 0.4) is 0 Å². The van der Waals surface area contributed by atoms with Crippen LogP contribution in [0.5, 0.6) is 0 Å². The van der Waals surface area contributed by atoms with Crippen LogP contribution < -0.4 is 10.6 Å². The van der Waals surface area contributed by atoms with Gasteiger partial charge in [0.25, 0.3) is 11.8 Å². The topological polar surface area (TPSA) is 61.4 Å². The molecule has 2 aliphatic rings. The second kappa shape index (κ2) is 7.75. The Morgan fingerprint density at radius 3 is 2.23 bits per heavy atom. The Labute approximate surface area is 186 Å². The van der Waals surface area contributed by atoms with Crippen LogP contribution in [-0.4, -0.2) is 35.5 Å². The van der Waals surface area contributed by atoms with Crippen molar-refractivity contribution in [2.24, 2.45) is 0 Å². The van der Waals surface area contributed by atoms with Gasteiger partial charge in [-0.1, -0.05) is 60.1 Å². The molecule has 5 nitrogen and oxygen atoms in total. The van der Waals surface area contributed by atoms with Gasteiger partial charge >= 0.3 is 0 Å². The number of amides is 2. The molecule has 0 atom stereocenters. The summed E-state index contributed by atoms with van der Waals surface area (Å²) in [5, 5.41) is 6.97. The zero-order chi connectivity index (χ0) is 21.4. The largest absolute Gasteiger partial charge is 0.362 e. The number of hydrogen-bond acceptors (Lipinski definition) is 3. The molecule has 1 fully saturated rings. The molecule has 3 aromatic carbocycles. The minimum absolute atomic E-state index is 0.0139. The summed E-state index contributed by atoms with van der Waals surface area (Å²) in [4.78, 5) is 27.5. The second-order valence-corrected chi connectivity index (χ2v) is 8.47. The van der Waals surface area contributed by atoms with Crippen LogP contribution in [0.1, 0.15) is 33.6 Å². The van der Waals surface area contributed by atoms with E-state index in [1.165, 1.54) is 0 Å². The molecule has 0 radical (unpaired) electrons. The van der Waals surface area contributed by atoms with E-state index in [4.69, 9.17) is 11.6 Å². The van der Waals surface area contributed by atoms with Crippen molar-refractivity contribution in [1.82, 2.24) is 10.2 Å². The van der Waals surface area contributed by atoms with Crippen LogP contribution in [-0.2, 0) is 0 Å². The molecule has 5 rings (SSSR count). The quantitative estimate of drug-likeness (QED) is 0.613. The predicted octanol–water partition coefficient (Wildman–Crippen LogP) is 4.79. The molecule has 2 N–H and O–H groups in total. The Kier molecular flexibility index (Phi) is 4.91. The maximum atomic E-state index is 13.0. The standard InChI is InChI=1S/C25H22ClN3O2/c26-20-7-4-8-21-22(20)23(30)28-25(27-21)13-15-29(16-14-25)24(31)19-11-9-18(10-12-19)17-5-2-1-3-6-17/h1-12,27H,13-16H2,(H,28,30). The smallest absolute Gasteiger partial charge is 0.256 e. The molecule has 2 heterocycles. The third-order valence-electron chi connectivity index (χ3n) is 6.11. The summed E-state index contributed by atoms with van der Waals surface area (Å²) in [6.45, 7) is 1.12. The lowest BCUT2D eigenvalue weighted by molar-refractivity contribution is 0.0640. The predicted molar refractivity (Wildman–Crippen MR) is 122 cm³/mol. The summed E-state index contributed by atoms with van der Waals surface area (Å²) in [7, 11) is 0. The number of piperidine rings is 1. The summed E-state index contributed by atoms with van der Waals surface area (Å²) < 4.78 is 0. The molecule has 2 aliphatic heterocycles. The summed E-state index contributed by atoms with van der Waals surface area (Å²) >= 11 is 6.19. The average Bonchev–Trinajstić information content (AvgIpc) is 2.79. The Bertz CT molecular complexity index is 1140. The molecule has 156 valence electrons. The van der Waals surface area contributed by atoms with Crippen LogP contribution in [0.15, 0.2) is 72.8 Å². The van der Waals surface area contributed by atoms with Gasteiger partial charge in [-0.15, -0.1) is 0 Å². The van der Waals surface area contributed by atoms with Gasteiger partial charge in [-0.25, -0.2) is 0 Å². The number of fused-ring (bicyclic) bond motifs is 1. The number of rotatable bonds is 2. The van der Waals surface area contributed by atoms with Crippen LogP contribution in [0.25, 0.3) is 11.1 Å². The normalized spacial score (nSPS) is 16.9. The number of hydrogen-bond donors (Lipinski definition) is 2. The lowest BCUT2D eigenvalue weighted by Crippen LogP contribution is -2.62. The van der Waals surface area contributed by atoms with E-state index in [1.54, 1.807) is 6.07 Å². The SMILES string of the molecule is O=C1NC2(CCN(C(=O)c3ccc(-c4ccccc4)cc3)CC2)Nc2cccc(Cl)c21. The highest BCUT2D eigenvalue weighted by atomic mass is 35.5. The molecule has 1 spiro atoms. The molecule has 1 saturated heterocycles. The molecule has 31 heavy (non-hydrogen) atoms. The van der Waals surface area contributed by atoms with Crippen LogP contribution in [0.4, 0.5) is 5.69 Å². The van der Waals surface area contributed by atoms with Gasteiger partial charge in [-0.3, -0.25) is 9.59 Å². The van der Waals surface area contributed by atoms with Crippen molar-refractivity contribution >= 4 is 29.1 Å². The first-order valence-electron chi connectivity index (χ1n) is 10.4. The molecule has 0 saturated carbocycles. The fraction of sp³-hybridized carbons (Fsp3) is 0.200. The fourth-order valence-corrected chi connectivity index (χ4v) is 4.65. The van der Waals surface area contributed by atoms with Crippen molar-refractivity contribution in [3.8, 4) is 11.1 Å². The maximum absolute atomic E-state index is 13.0. The lowest BCUT2D eigenvalue weighted by Gasteiger charge is -2.46. The Balaban J connectivity index is 1.28. The van der Waals surface area contributed by atoms with E-state index in [1.807, 2.05) is 59.5 Å². The van der Waals surface area contributed by atoms with E-state index in [9.17, 15) is 9.59 Å². The average molecular weight is 432 g/mol. The minimum atomic E-state index is -0.553. The number of carbonyl (C=O) groups is 2. The van der Waals surface area contributed by atoms with Crippen LogP contribution >= 0.6 is 11.6 Å². The van der Waals surface area contributed by atoms with E-state index in [2.05, 4.69) is 22.8 Å². The Morgan fingerprint density at radius 1 is 0.839 bits per heavy atom. The van der Waals surface area contributed by atoms with Crippen LogP contribution in [0, 0.1) is 0 Å². The third-order valence-corrected chi connectivity index (χ3v) is 6.43. The molecule has 0 bridgehead atoms. The zero-order valence-corrected chi connectivity index (χ0v) is 17.7. The van der Waals surface area contributed by atoms with E-state index in [0.717, 1.165) is 16.8 Å². The maximum Gasteiger partial charge on any atom is 0.256 e. The summed E-state index contributed by atoms with van der Waals surface area (Å²) in [6.07, 6.45) is 1.25. The molecular weight excluding hydrogens is 410 g/mol. The number of halogens is 1. The molecular formula is C25H22ClN3O2. The van der Waals surface area contributed by atoms with Gasteiger partial charge in [-0.2, -0.15) is 0 Å². The Morgan fingerprint density at radius 2 is 1.52 bits per heavy atom. The first kappa shape index (κ1) is 19.6. The van der Waals surface area contributed by atoms with Crippen molar-refractivity contribution in [3.63, 3.8) is 0 Å². The molecule has 2 amide bonds. The van der Waals surface area contributed by atoms with Crippen LogP contribution in [0.2, 0.25) is 5.02 Å². The van der Waals surface area contributed by atoms with Crippen molar-refractivity contribution < 1.29 is 9.59 Å². The number of benzene rings is 3. The van der Waals surface area contributed by atoms with E-state index in [0.29, 0.717) is 42.1 Å². The summed E-state index contributed by atoms with van der Waals surface area (Å²) in [5.74, 6) is -0.157. The third kappa shape index (κ3) is 3.66. The number of likely N-dealkylation sites (tertiary alicyclic amines) is 1. The molecule has 3 aromatic rings. The number of nitrogens with zero attached hydrogens (tertiary/aromatic N) is 1.